The molecule has 1 aromatic heterocycles. The molecule has 0 spiro atoms. The number of nitrogens with one attached hydrogen (secondary N) is 1. The van der Waals surface area contributed by atoms with E-state index in [4.69, 9.17) is 16.9 Å². The van der Waals surface area contributed by atoms with Crippen LogP contribution < -0.4 is 5.32 Å². The van der Waals surface area contributed by atoms with E-state index in [0.29, 0.717) is 26.3 Å². The Hall–Kier alpha value is -2.75. The van der Waals surface area contributed by atoms with E-state index in [9.17, 15) is 9.18 Å². The fraction of sp³-hybridized carbons (Fsp3) is 0.0556. The van der Waals surface area contributed by atoms with E-state index >= 15 is 0 Å². The predicted octanol–water partition coefficient (Wildman–Crippen LogP) is 5.04. The van der Waals surface area contributed by atoms with Crippen LogP contribution in [0.25, 0.3) is 10.6 Å². The van der Waals surface area contributed by atoms with Gasteiger partial charge in [0.1, 0.15) is 21.8 Å². The first-order valence-corrected chi connectivity index (χ1v) is 8.42. The maximum Gasteiger partial charge on any atom is 0.267 e. The van der Waals surface area contributed by atoms with Crippen LogP contribution in [0.4, 0.5) is 10.1 Å². The van der Waals surface area contributed by atoms with Crippen molar-refractivity contribution in [2.45, 2.75) is 6.92 Å². The number of hydrogen-bond acceptors (Lipinski definition) is 4. The van der Waals surface area contributed by atoms with Crippen molar-refractivity contribution in [2.24, 2.45) is 0 Å². The SMILES string of the molecule is Cc1nc(-c2ccccc2Cl)sc1C(=O)Nc1ccc(F)c(C#N)c1. The number of hydrogen-bond donors (Lipinski definition) is 1. The lowest BCUT2D eigenvalue weighted by molar-refractivity contribution is 0.103. The molecule has 0 bridgehead atoms. The Balaban J connectivity index is 1.89. The molecule has 2 aromatic carbocycles. The Morgan fingerprint density at radius 2 is 2.08 bits per heavy atom. The van der Waals surface area contributed by atoms with Crippen LogP contribution in [-0.4, -0.2) is 10.9 Å². The van der Waals surface area contributed by atoms with Crippen LogP contribution in [0.5, 0.6) is 0 Å². The minimum Gasteiger partial charge on any atom is -0.321 e. The van der Waals surface area contributed by atoms with Gasteiger partial charge in [0, 0.05) is 11.3 Å². The molecular weight excluding hydrogens is 361 g/mol. The lowest BCUT2D eigenvalue weighted by atomic mass is 10.2. The van der Waals surface area contributed by atoms with E-state index in [1.54, 1.807) is 19.1 Å². The largest absolute Gasteiger partial charge is 0.321 e. The zero-order valence-corrected chi connectivity index (χ0v) is 14.6. The summed E-state index contributed by atoms with van der Waals surface area (Å²) in [5.74, 6) is -1.00. The van der Waals surface area contributed by atoms with Crippen LogP contribution in [0.15, 0.2) is 42.5 Å². The van der Waals surface area contributed by atoms with E-state index < -0.39 is 5.82 Å². The number of thiazole rings is 1. The van der Waals surface area contributed by atoms with Gasteiger partial charge in [-0.3, -0.25) is 4.79 Å². The molecule has 0 atom stereocenters. The summed E-state index contributed by atoms with van der Waals surface area (Å²) >= 11 is 7.40. The summed E-state index contributed by atoms with van der Waals surface area (Å²) in [7, 11) is 0. The summed E-state index contributed by atoms with van der Waals surface area (Å²) in [6, 6.07) is 12.8. The van der Waals surface area contributed by atoms with Crippen molar-refractivity contribution in [3.63, 3.8) is 0 Å². The van der Waals surface area contributed by atoms with E-state index in [1.807, 2.05) is 18.2 Å². The maximum atomic E-state index is 13.4. The number of rotatable bonds is 3. The zero-order valence-electron chi connectivity index (χ0n) is 13.0. The zero-order chi connectivity index (χ0) is 18.0. The number of nitrogens with zero attached hydrogens (tertiary/aromatic N) is 2. The summed E-state index contributed by atoms with van der Waals surface area (Å²) in [5, 5.41) is 12.7. The Bertz CT molecular complexity index is 1010. The number of anilines is 1. The highest BCUT2D eigenvalue weighted by atomic mass is 35.5. The third-order valence-corrected chi connectivity index (χ3v) is 4.97. The molecule has 0 aliphatic carbocycles. The molecule has 0 fully saturated rings. The highest BCUT2D eigenvalue weighted by molar-refractivity contribution is 7.17. The van der Waals surface area contributed by atoms with Gasteiger partial charge in [-0.15, -0.1) is 11.3 Å². The lowest BCUT2D eigenvalue weighted by Crippen LogP contribution is -2.11. The van der Waals surface area contributed by atoms with Gasteiger partial charge in [-0.25, -0.2) is 9.37 Å². The van der Waals surface area contributed by atoms with Crippen molar-refractivity contribution in [1.29, 1.82) is 5.26 Å². The molecule has 0 aliphatic rings. The third kappa shape index (κ3) is 3.53. The topological polar surface area (TPSA) is 65.8 Å². The minimum atomic E-state index is -0.629. The van der Waals surface area contributed by atoms with Crippen LogP contribution in [0.2, 0.25) is 5.02 Å². The van der Waals surface area contributed by atoms with Gasteiger partial charge in [0.25, 0.3) is 5.91 Å². The normalized spacial score (nSPS) is 10.3. The second-order valence-corrected chi connectivity index (χ2v) is 6.58. The molecule has 0 saturated heterocycles. The number of carbonyl (C=O) groups is 1. The van der Waals surface area contributed by atoms with E-state index in [-0.39, 0.29) is 11.5 Å². The molecule has 1 N–H and O–H groups in total. The van der Waals surface area contributed by atoms with Crippen molar-refractivity contribution in [2.75, 3.05) is 5.32 Å². The summed E-state index contributed by atoms with van der Waals surface area (Å²) in [5.41, 5.74) is 1.54. The van der Waals surface area contributed by atoms with Crippen LogP contribution in [0.3, 0.4) is 0 Å². The van der Waals surface area contributed by atoms with E-state index in [1.165, 1.54) is 23.5 Å². The number of benzene rings is 2. The molecule has 25 heavy (non-hydrogen) atoms. The Kier molecular flexibility index (Phi) is 4.79. The van der Waals surface area contributed by atoms with Gasteiger partial charge in [0.15, 0.2) is 0 Å². The molecule has 3 rings (SSSR count). The van der Waals surface area contributed by atoms with Crippen molar-refractivity contribution < 1.29 is 9.18 Å². The van der Waals surface area contributed by atoms with Crippen LogP contribution in [0.1, 0.15) is 20.9 Å². The lowest BCUT2D eigenvalue weighted by Gasteiger charge is -2.04. The van der Waals surface area contributed by atoms with Gasteiger partial charge in [0.05, 0.1) is 16.3 Å². The molecule has 1 amide bonds. The van der Waals surface area contributed by atoms with Crippen LogP contribution in [-0.2, 0) is 0 Å². The highest BCUT2D eigenvalue weighted by Gasteiger charge is 2.18. The van der Waals surface area contributed by atoms with Crippen LogP contribution in [0, 0.1) is 24.1 Å². The highest BCUT2D eigenvalue weighted by Crippen LogP contribution is 2.33. The molecule has 0 unspecified atom stereocenters. The van der Waals surface area contributed by atoms with Crippen molar-refractivity contribution in [3.05, 3.63) is 69.4 Å². The Labute approximate surface area is 152 Å². The fourth-order valence-electron chi connectivity index (χ4n) is 2.23. The van der Waals surface area contributed by atoms with Gasteiger partial charge in [0.2, 0.25) is 0 Å². The number of carbonyl (C=O) groups excluding carboxylic acids is 1. The predicted molar refractivity (Wildman–Crippen MR) is 96.4 cm³/mol. The molecular formula is C18H11ClFN3OS. The summed E-state index contributed by atoms with van der Waals surface area (Å²) < 4.78 is 13.4. The van der Waals surface area contributed by atoms with Crippen molar-refractivity contribution in [1.82, 2.24) is 4.98 Å². The minimum absolute atomic E-state index is 0.129. The average molecular weight is 372 g/mol. The number of aryl methyl sites for hydroxylation is 1. The average Bonchev–Trinajstić information content (AvgIpc) is 2.98. The first-order chi connectivity index (χ1) is 12.0. The Morgan fingerprint density at radius 3 is 2.80 bits per heavy atom. The molecule has 1 heterocycles. The first kappa shape index (κ1) is 17.1. The molecule has 0 aliphatic heterocycles. The number of halogens is 2. The molecule has 4 nitrogen and oxygen atoms in total. The molecule has 0 radical (unpaired) electrons. The second-order valence-electron chi connectivity index (χ2n) is 5.17. The monoisotopic (exact) mass is 371 g/mol. The van der Waals surface area contributed by atoms with Gasteiger partial charge < -0.3 is 5.32 Å². The van der Waals surface area contributed by atoms with Gasteiger partial charge >= 0.3 is 0 Å². The summed E-state index contributed by atoms with van der Waals surface area (Å²) in [6.07, 6.45) is 0. The molecule has 124 valence electrons. The van der Waals surface area contributed by atoms with Crippen molar-refractivity contribution in [3.8, 4) is 16.6 Å². The second kappa shape index (κ2) is 7.01. The van der Waals surface area contributed by atoms with E-state index in [2.05, 4.69) is 10.3 Å². The standard InChI is InChI=1S/C18H11ClFN3OS/c1-10-16(25-18(22-10)13-4-2-3-5-14(13)19)17(24)23-12-6-7-15(20)11(8-12)9-21/h2-8H,1H3,(H,23,24). The number of nitriles is 1. The summed E-state index contributed by atoms with van der Waals surface area (Å²) in [6.45, 7) is 1.73. The van der Waals surface area contributed by atoms with E-state index in [0.717, 1.165) is 11.6 Å². The molecule has 3 aromatic rings. The fourth-order valence-corrected chi connectivity index (χ4v) is 3.52. The van der Waals surface area contributed by atoms with Gasteiger partial charge in [-0.1, -0.05) is 29.8 Å². The molecule has 0 saturated carbocycles. The summed E-state index contributed by atoms with van der Waals surface area (Å²) in [4.78, 5) is 17.3. The maximum absolute atomic E-state index is 13.4. The van der Waals surface area contributed by atoms with Gasteiger partial charge in [-0.2, -0.15) is 5.26 Å². The first-order valence-electron chi connectivity index (χ1n) is 7.23. The number of amides is 1. The Morgan fingerprint density at radius 1 is 1.32 bits per heavy atom. The quantitative estimate of drug-likeness (QED) is 0.701. The van der Waals surface area contributed by atoms with Gasteiger partial charge in [-0.05, 0) is 31.2 Å². The van der Waals surface area contributed by atoms with Crippen LogP contribution >= 0.6 is 22.9 Å². The third-order valence-electron chi connectivity index (χ3n) is 3.45. The molecule has 7 heteroatoms. The smallest absolute Gasteiger partial charge is 0.267 e. The van der Waals surface area contributed by atoms with Crippen molar-refractivity contribution >= 4 is 34.5 Å². The number of aromatic nitrogens is 1.